The SMILES string of the molecule is COc1cc(C=O)ccc1Oc1ccccc1C=O. The van der Waals surface area contributed by atoms with Gasteiger partial charge in [0, 0.05) is 5.56 Å². The van der Waals surface area contributed by atoms with Crippen LogP contribution in [0.3, 0.4) is 0 Å². The van der Waals surface area contributed by atoms with Crippen LogP contribution in [0.4, 0.5) is 0 Å². The van der Waals surface area contributed by atoms with Gasteiger partial charge >= 0.3 is 0 Å². The molecule has 0 N–H and O–H groups in total. The van der Waals surface area contributed by atoms with Gasteiger partial charge in [-0.15, -0.1) is 0 Å². The molecule has 0 saturated heterocycles. The molecule has 96 valence electrons. The molecule has 0 aliphatic heterocycles. The molecule has 2 rings (SSSR count). The van der Waals surface area contributed by atoms with Crippen molar-refractivity contribution in [2.24, 2.45) is 0 Å². The zero-order valence-corrected chi connectivity index (χ0v) is 10.3. The third-order valence-electron chi connectivity index (χ3n) is 2.59. The first-order valence-electron chi connectivity index (χ1n) is 5.63. The average molecular weight is 256 g/mol. The van der Waals surface area contributed by atoms with E-state index in [4.69, 9.17) is 9.47 Å². The number of aldehydes is 2. The Morgan fingerprint density at radius 2 is 1.68 bits per heavy atom. The number of hydrogen-bond acceptors (Lipinski definition) is 4. The molecule has 0 fully saturated rings. The van der Waals surface area contributed by atoms with E-state index in [1.165, 1.54) is 7.11 Å². The van der Waals surface area contributed by atoms with Gasteiger partial charge in [0.15, 0.2) is 17.8 Å². The van der Waals surface area contributed by atoms with E-state index in [1.807, 2.05) is 0 Å². The molecule has 19 heavy (non-hydrogen) atoms. The number of carbonyl (C=O) groups excluding carboxylic acids is 2. The summed E-state index contributed by atoms with van der Waals surface area (Å²) in [6, 6.07) is 11.7. The molecule has 0 amide bonds. The number of ether oxygens (including phenoxy) is 2. The minimum atomic E-state index is 0.435. The molecular formula is C15H12O4. The van der Waals surface area contributed by atoms with Crippen LogP contribution in [0.25, 0.3) is 0 Å². The third kappa shape index (κ3) is 2.80. The van der Waals surface area contributed by atoms with E-state index < -0.39 is 0 Å². The zero-order chi connectivity index (χ0) is 13.7. The maximum absolute atomic E-state index is 10.9. The summed E-state index contributed by atoms with van der Waals surface area (Å²) in [4.78, 5) is 21.6. The standard InChI is InChI=1S/C15H12O4/c1-18-15-8-11(9-16)6-7-14(15)19-13-5-3-2-4-12(13)10-17/h2-10H,1H3. The second kappa shape index (κ2) is 5.82. The van der Waals surface area contributed by atoms with E-state index in [1.54, 1.807) is 42.5 Å². The van der Waals surface area contributed by atoms with Crippen LogP contribution in [0, 0.1) is 0 Å². The van der Waals surface area contributed by atoms with Crippen LogP contribution >= 0.6 is 0 Å². The average Bonchev–Trinajstić information content (AvgIpc) is 2.48. The monoisotopic (exact) mass is 256 g/mol. The van der Waals surface area contributed by atoms with Gasteiger partial charge in [-0.25, -0.2) is 0 Å². The highest BCUT2D eigenvalue weighted by Gasteiger charge is 2.09. The topological polar surface area (TPSA) is 52.6 Å². The summed E-state index contributed by atoms with van der Waals surface area (Å²) in [6.45, 7) is 0. The predicted octanol–water partition coefficient (Wildman–Crippen LogP) is 3.11. The molecule has 0 aromatic heterocycles. The molecule has 0 aliphatic carbocycles. The number of rotatable bonds is 5. The van der Waals surface area contributed by atoms with Gasteiger partial charge in [-0.05, 0) is 30.3 Å². The summed E-state index contributed by atoms with van der Waals surface area (Å²) in [5, 5.41) is 0. The maximum atomic E-state index is 10.9. The molecule has 4 nitrogen and oxygen atoms in total. The molecule has 0 heterocycles. The molecule has 0 bridgehead atoms. The summed E-state index contributed by atoms with van der Waals surface area (Å²) in [6.07, 6.45) is 1.45. The van der Waals surface area contributed by atoms with Crippen LogP contribution < -0.4 is 9.47 Å². The molecule has 0 unspecified atom stereocenters. The second-order valence-electron chi connectivity index (χ2n) is 3.79. The van der Waals surface area contributed by atoms with Crippen molar-refractivity contribution in [3.05, 3.63) is 53.6 Å². The third-order valence-corrected chi connectivity index (χ3v) is 2.59. The lowest BCUT2D eigenvalue weighted by Crippen LogP contribution is -1.94. The molecule has 0 aliphatic rings. The lowest BCUT2D eigenvalue weighted by molar-refractivity contribution is 0.111. The minimum Gasteiger partial charge on any atom is -0.493 e. The van der Waals surface area contributed by atoms with Crippen molar-refractivity contribution in [1.82, 2.24) is 0 Å². The smallest absolute Gasteiger partial charge is 0.169 e. The minimum absolute atomic E-state index is 0.435. The summed E-state index contributed by atoms with van der Waals surface area (Å²) in [5.41, 5.74) is 0.942. The van der Waals surface area contributed by atoms with Gasteiger partial charge in [0.2, 0.25) is 0 Å². The van der Waals surface area contributed by atoms with E-state index in [0.29, 0.717) is 28.4 Å². The van der Waals surface area contributed by atoms with Gasteiger partial charge in [0.1, 0.15) is 12.0 Å². The van der Waals surface area contributed by atoms with Crippen LogP contribution in [0.1, 0.15) is 20.7 Å². The number of carbonyl (C=O) groups is 2. The normalized spacial score (nSPS) is 9.74. The summed E-state index contributed by atoms with van der Waals surface area (Å²) in [7, 11) is 1.49. The first kappa shape index (κ1) is 12.8. The van der Waals surface area contributed by atoms with Crippen LogP contribution in [-0.4, -0.2) is 19.7 Å². The van der Waals surface area contributed by atoms with Gasteiger partial charge < -0.3 is 9.47 Å². The molecule has 0 spiro atoms. The first-order valence-corrected chi connectivity index (χ1v) is 5.63. The number of benzene rings is 2. The largest absolute Gasteiger partial charge is 0.493 e. The fourth-order valence-electron chi connectivity index (χ4n) is 1.63. The summed E-state index contributed by atoms with van der Waals surface area (Å²) in [5.74, 6) is 1.32. The highest BCUT2D eigenvalue weighted by Crippen LogP contribution is 2.33. The van der Waals surface area contributed by atoms with Crippen molar-refractivity contribution in [3.63, 3.8) is 0 Å². The van der Waals surface area contributed by atoms with Crippen LogP contribution in [0.2, 0.25) is 0 Å². The number of para-hydroxylation sites is 1. The van der Waals surface area contributed by atoms with Crippen molar-refractivity contribution in [2.75, 3.05) is 7.11 Å². The van der Waals surface area contributed by atoms with Gasteiger partial charge in [-0.2, -0.15) is 0 Å². The van der Waals surface area contributed by atoms with E-state index in [2.05, 4.69) is 0 Å². The van der Waals surface area contributed by atoms with E-state index in [-0.39, 0.29) is 0 Å². The van der Waals surface area contributed by atoms with Crippen molar-refractivity contribution < 1.29 is 19.1 Å². The number of hydrogen-bond donors (Lipinski definition) is 0. The Morgan fingerprint density at radius 1 is 0.895 bits per heavy atom. The summed E-state index contributed by atoms with van der Waals surface area (Å²) >= 11 is 0. The Kier molecular flexibility index (Phi) is 3.93. The highest BCUT2D eigenvalue weighted by molar-refractivity contribution is 5.80. The molecule has 0 atom stereocenters. The van der Waals surface area contributed by atoms with E-state index in [0.717, 1.165) is 12.6 Å². The predicted molar refractivity (Wildman–Crippen MR) is 70.3 cm³/mol. The van der Waals surface area contributed by atoms with Crippen molar-refractivity contribution in [3.8, 4) is 17.2 Å². The number of methoxy groups -OCH3 is 1. The van der Waals surface area contributed by atoms with Gasteiger partial charge in [0.25, 0.3) is 0 Å². The Labute approximate surface area is 110 Å². The second-order valence-corrected chi connectivity index (χ2v) is 3.79. The van der Waals surface area contributed by atoms with Crippen molar-refractivity contribution in [1.29, 1.82) is 0 Å². The van der Waals surface area contributed by atoms with Crippen LogP contribution in [0.5, 0.6) is 17.2 Å². The highest BCUT2D eigenvalue weighted by atomic mass is 16.5. The van der Waals surface area contributed by atoms with Gasteiger partial charge in [0.05, 0.1) is 12.7 Å². The van der Waals surface area contributed by atoms with Crippen molar-refractivity contribution >= 4 is 12.6 Å². The van der Waals surface area contributed by atoms with Crippen LogP contribution in [0.15, 0.2) is 42.5 Å². The summed E-state index contributed by atoms with van der Waals surface area (Å²) < 4.78 is 10.8. The Bertz CT molecular complexity index is 605. The molecular weight excluding hydrogens is 244 g/mol. The lowest BCUT2D eigenvalue weighted by atomic mass is 10.2. The quantitative estimate of drug-likeness (QED) is 0.771. The molecule has 2 aromatic rings. The maximum Gasteiger partial charge on any atom is 0.169 e. The fraction of sp³-hybridized carbons (Fsp3) is 0.0667. The Hall–Kier alpha value is -2.62. The molecule has 0 saturated carbocycles. The Morgan fingerprint density at radius 3 is 2.37 bits per heavy atom. The van der Waals surface area contributed by atoms with Gasteiger partial charge in [-0.3, -0.25) is 9.59 Å². The zero-order valence-electron chi connectivity index (χ0n) is 10.3. The molecule has 2 aromatic carbocycles. The van der Waals surface area contributed by atoms with E-state index >= 15 is 0 Å². The Balaban J connectivity index is 2.37. The first-order chi connectivity index (χ1) is 9.28. The molecule has 0 radical (unpaired) electrons. The molecule has 4 heteroatoms. The van der Waals surface area contributed by atoms with E-state index in [9.17, 15) is 9.59 Å². The lowest BCUT2D eigenvalue weighted by Gasteiger charge is -2.11. The fourth-order valence-corrected chi connectivity index (χ4v) is 1.63. The van der Waals surface area contributed by atoms with Crippen molar-refractivity contribution in [2.45, 2.75) is 0 Å². The van der Waals surface area contributed by atoms with Gasteiger partial charge in [-0.1, -0.05) is 12.1 Å². The van der Waals surface area contributed by atoms with Crippen LogP contribution in [-0.2, 0) is 0 Å².